The van der Waals surface area contributed by atoms with Crippen molar-refractivity contribution in [2.24, 2.45) is 11.8 Å². The Morgan fingerprint density at radius 3 is 2.52 bits per heavy atom. The van der Waals surface area contributed by atoms with Gasteiger partial charge in [0, 0.05) is 24.7 Å². The predicted octanol–water partition coefficient (Wildman–Crippen LogP) is 4.42. The van der Waals surface area contributed by atoms with Crippen molar-refractivity contribution in [2.75, 3.05) is 13.1 Å². The van der Waals surface area contributed by atoms with Crippen LogP contribution in [0.2, 0.25) is 0 Å². The molecule has 1 aromatic rings. The molecule has 0 bridgehead atoms. The van der Waals surface area contributed by atoms with Crippen LogP contribution in [-0.4, -0.2) is 18.0 Å². The van der Waals surface area contributed by atoms with Gasteiger partial charge in [-0.15, -0.1) is 12.3 Å². The van der Waals surface area contributed by atoms with Gasteiger partial charge in [-0.1, -0.05) is 43.3 Å². The van der Waals surface area contributed by atoms with Gasteiger partial charge in [-0.25, -0.2) is 0 Å². The molecule has 2 rings (SSSR count). The molecular weight excluding hydrogens is 254 g/mol. The lowest BCUT2D eigenvalue weighted by Gasteiger charge is -2.36. The minimum atomic E-state index is 0.410. The van der Waals surface area contributed by atoms with E-state index in [-0.39, 0.29) is 0 Å². The summed E-state index contributed by atoms with van der Waals surface area (Å²) in [4.78, 5) is 2.45. The topological polar surface area (TPSA) is 3.24 Å². The highest BCUT2D eigenvalue weighted by Gasteiger charge is 2.23. The maximum absolute atomic E-state index is 5.54. The summed E-state index contributed by atoms with van der Waals surface area (Å²) in [6.45, 7) is 10.8. The molecule has 0 amide bonds. The zero-order valence-corrected chi connectivity index (χ0v) is 13.4. The van der Waals surface area contributed by atoms with Crippen molar-refractivity contribution in [2.45, 2.75) is 39.5 Å². The highest BCUT2D eigenvalue weighted by atomic mass is 15.1. The summed E-state index contributed by atoms with van der Waals surface area (Å²) in [6.07, 6.45) is 10.1. The number of rotatable bonds is 5. The third-order valence-electron chi connectivity index (χ3n) is 4.78. The summed E-state index contributed by atoms with van der Waals surface area (Å²) in [7, 11) is 0. The fraction of sp³-hybridized carbons (Fsp3) is 0.500. The van der Waals surface area contributed by atoms with Gasteiger partial charge in [-0.3, -0.25) is 0 Å². The maximum atomic E-state index is 5.54. The van der Waals surface area contributed by atoms with Crippen LogP contribution in [0.15, 0.2) is 36.5 Å². The van der Waals surface area contributed by atoms with E-state index in [2.05, 4.69) is 55.5 Å². The quantitative estimate of drug-likeness (QED) is 0.722. The summed E-state index contributed by atoms with van der Waals surface area (Å²) in [5.74, 6) is 3.99. The first-order chi connectivity index (χ1) is 10.1. The molecule has 0 aliphatic carbocycles. The number of aryl methyl sites for hydroxylation is 2. The molecule has 1 heteroatoms. The van der Waals surface area contributed by atoms with Gasteiger partial charge >= 0.3 is 0 Å². The second-order valence-corrected chi connectivity index (χ2v) is 6.33. The van der Waals surface area contributed by atoms with Crippen LogP contribution in [0.1, 0.15) is 37.3 Å². The Balaban J connectivity index is 1.77. The molecule has 0 N–H and O–H groups in total. The van der Waals surface area contributed by atoms with Crippen molar-refractivity contribution < 1.29 is 0 Å². The Hall–Kier alpha value is -1.68. The third-order valence-corrected chi connectivity index (χ3v) is 4.78. The summed E-state index contributed by atoms with van der Waals surface area (Å²) in [5, 5.41) is 0. The van der Waals surface area contributed by atoms with Crippen molar-refractivity contribution in [3.05, 3.63) is 47.7 Å². The van der Waals surface area contributed by atoms with E-state index >= 15 is 0 Å². The van der Waals surface area contributed by atoms with E-state index in [4.69, 9.17) is 6.42 Å². The fourth-order valence-corrected chi connectivity index (χ4v) is 3.05. The molecule has 1 atom stereocenters. The summed E-state index contributed by atoms with van der Waals surface area (Å²) < 4.78 is 0. The Bertz CT molecular complexity index is 498. The molecule has 1 unspecified atom stereocenters. The third kappa shape index (κ3) is 4.39. The van der Waals surface area contributed by atoms with Gasteiger partial charge in [0.2, 0.25) is 0 Å². The van der Waals surface area contributed by atoms with Crippen LogP contribution in [0, 0.1) is 31.1 Å². The van der Waals surface area contributed by atoms with E-state index in [0.717, 1.165) is 25.9 Å². The maximum Gasteiger partial charge on any atom is 0.0201 e. The average molecular weight is 281 g/mol. The summed E-state index contributed by atoms with van der Waals surface area (Å²) >= 11 is 0. The van der Waals surface area contributed by atoms with Crippen molar-refractivity contribution in [3.8, 4) is 12.3 Å². The van der Waals surface area contributed by atoms with Gasteiger partial charge < -0.3 is 4.90 Å². The van der Waals surface area contributed by atoms with Gasteiger partial charge in [0.15, 0.2) is 0 Å². The van der Waals surface area contributed by atoms with Gasteiger partial charge in [0.1, 0.15) is 0 Å². The zero-order chi connectivity index (χ0) is 15.2. The van der Waals surface area contributed by atoms with E-state index in [9.17, 15) is 0 Å². The zero-order valence-electron chi connectivity index (χ0n) is 13.4. The first-order valence-corrected chi connectivity index (χ1v) is 8.04. The molecule has 1 aromatic carbocycles. The van der Waals surface area contributed by atoms with Gasteiger partial charge in [0.25, 0.3) is 0 Å². The highest BCUT2D eigenvalue weighted by Crippen LogP contribution is 2.27. The van der Waals surface area contributed by atoms with Crippen molar-refractivity contribution >= 4 is 0 Å². The number of nitrogens with zero attached hydrogens (tertiary/aromatic N) is 1. The van der Waals surface area contributed by atoms with E-state index in [1.54, 1.807) is 0 Å². The van der Waals surface area contributed by atoms with Crippen LogP contribution in [0.3, 0.4) is 0 Å². The molecule has 0 spiro atoms. The first kappa shape index (κ1) is 15.7. The monoisotopic (exact) mass is 281 g/mol. The van der Waals surface area contributed by atoms with Gasteiger partial charge in [-0.05, 0) is 44.1 Å². The molecular formula is C20H27N. The van der Waals surface area contributed by atoms with E-state index in [1.807, 2.05) is 0 Å². The van der Waals surface area contributed by atoms with Gasteiger partial charge in [0.05, 0.1) is 0 Å². The van der Waals surface area contributed by atoms with E-state index in [0.29, 0.717) is 11.8 Å². The second-order valence-electron chi connectivity index (χ2n) is 6.33. The Labute approximate surface area is 130 Å². The number of benzene rings is 1. The Kier molecular flexibility index (Phi) is 5.51. The number of terminal acetylenes is 1. The molecule has 1 fully saturated rings. The van der Waals surface area contributed by atoms with Crippen LogP contribution in [0.25, 0.3) is 0 Å². The number of hydrogen-bond acceptors (Lipinski definition) is 1. The van der Waals surface area contributed by atoms with Crippen LogP contribution in [0.5, 0.6) is 0 Å². The molecule has 1 nitrogen and oxygen atoms in total. The number of hydrogen-bond donors (Lipinski definition) is 0. The summed E-state index contributed by atoms with van der Waals surface area (Å²) in [5.41, 5.74) is 4.00. The highest BCUT2D eigenvalue weighted by molar-refractivity contribution is 5.22. The number of piperidine rings is 1. The lowest BCUT2D eigenvalue weighted by Crippen LogP contribution is -2.34. The standard InChI is InChI=1S/C20H27N/c1-5-17(3)20-12-14-21(15-13-20)18(4)8-11-19-9-6-16(2)7-10-19/h1,6-7,9-10,17,20H,4,8,11-15H2,2-3H3. The SMILES string of the molecule is C#CC(C)C1CCN(C(=C)CCc2ccc(C)cc2)CC1. The fourth-order valence-electron chi connectivity index (χ4n) is 3.05. The van der Waals surface area contributed by atoms with Crippen molar-refractivity contribution in [3.63, 3.8) is 0 Å². The molecule has 0 saturated carbocycles. The molecule has 1 heterocycles. The Morgan fingerprint density at radius 1 is 1.33 bits per heavy atom. The number of likely N-dealkylation sites (tertiary alicyclic amines) is 1. The normalized spacial score (nSPS) is 17.3. The van der Waals surface area contributed by atoms with E-state index in [1.165, 1.54) is 29.7 Å². The molecule has 1 aliphatic rings. The van der Waals surface area contributed by atoms with Crippen LogP contribution in [-0.2, 0) is 6.42 Å². The van der Waals surface area contributed by atoms with Crippen LogP contribution < -0.4 is 0 Å². The lowest BCUT2D eigenvalue weighted by atomic mass is 9.86. The minimum Gasteiger partial charge on any atom is -0.375 e. The van der Waals surface area contributed by atoms with Crippen LogP contribution in [0.4, 0.5) is 0 Å². The summed E-state index contributed by atoms with van der Waals surface area (Å²) in [6, 6.07) is 8.82. The molecule has 0 radical (unpaired) electrons. The van der Waals surface area contributed by atoms with Crippen molar-refractivity contribution in [1.29, 1.82) is 0 Å². The molecule has 1 aliphatic heterocycles. The second kappa shape index (κ2) is 7.36. The minimum absolute atomic E-state index is 0.410. The molecule has 21 heavy (non-hydrogen) atoms. The molecule has 1 saturated heterocycles. The first-order valence-electron chi connectivity index (χ1n) is 8.04. The largest absolute Gasteiger partial charge is 0.375 e. The average Bonchev–Trinajstić information content (AvgIpc) is 2.53. The predicted molar refractivity (Wildman–Crippen MR) is 90.9 cm³/mol. The van der Waals surface area contributed by atoms with E-state index < -0.39 is 0 Å². The lowest BCUT2D eigenvalue weighted by molar-refractivity contribution is 0.199. The molecule has 0 aromatic heterocycles. The Morgan fingerprint density at radius 2 is 1.95 bits per heavy atom. The molecule has 112 valence electrons. The number of allylic oxidation sites excluding steroid dienone is 1. The van der Waals surface area contributed by atoms with Gasteiger partial charge in [-0.2, -0.15) is 0 Å². The van der Waals surface area contributed by atoms with Crippen molar-refractivity contribution in [1.82, 2.24) is 4.90 Å². The smallest absolute Gasteiger partial charge is 0.0201 e. The van der Waals surface area contributed by atoms with Crippen LogP contribution >= 0.6 is 0 Å².